The molecule has 3 aromatic rings. The van der Waals surface area contributed by atoms with Crippen molar-refractivity contribution in [3.8, 4) is 5.69 Å². The number of thiophene rings is 1. The molecule has 1 amide bonds. The van der Waals surface area contributed by atoms with E-state index >= 15 is 0 Å². The zero-order valence-corrected chi connectivity index (χ0v) is 14.1. The summed E-state index contributed by atoms with van der Waals surface area (Å²) < 4.78 is 6.62. The molecule has 0 bridgehead atoms. The van der Waals surface area contributed by atoms with Gasteiger partial charge in [0.2, 0.25) is 0 Å². The molecule has 0 spiro atoms. The highest BCUT2D eigenvalue weighted by molar-refractivity contribution is 7.12. The number of rotatable bonds is 4. The number of aryl methyl sites for hydroxylation is 1. The number of aromatic nitrogens is 1. The van der Waals surface area contributed by atoms with E-state index < -0.39 is 5.97 Å². The van der Waals surface area contributed by atoms with Crippen LogP contribution in [0.5, 0.6) is 0 Å². The van der Waals surface area contributed by atoms with Crippen molar-refractivity contribution in [1.82, 2.24) is 4.57 Å². The van der Waals surface area contributed by atoms with Crippen molar-refractivity contribution in [2.45, 2.75) is 6.92 Å². The molecule has 1 N–H and O–H groups in total. The maximum absolute atomic E-state index is 12.7. The van der Waals surface area contributed by atoms with Crippen LogP contribution in [0.2, 0.25) is 0 Å². The molecule has 0 radical (unpaired) electrons. The van der Waals surface area contributed by atoms with Crippen molar-refractivity contribution in [2.24, 2.45) is 0 Å². The summed E-state index contributed by atoms with van der Waals surface area (Å²) in [6.07, 6.45) is 3.78. The summed E-state index contributed by atoms with van der Waals surface area (Å²) in [7, 11) is 1.33. The van der Waals surface area contributed by atoms with E-state index in [1.807, 2.05) is 47.5 Å². The van der Waals surface area contributed by atoms with Crippen molar-refractivity contribution in [1.29, 1.82) is 0 Å². The van der Waals surface area contributed by atoms with Crippen LogP contribution in [0.15, 0.2) is 54.2 Å². The lowest BCUT2D eigenvalue weighted by Gasteiger charge is -2.11. The molecule has 0 fully saturated rings. The second-order valence-electron chi connectivity index (χ2n) is 5.20. The Balaban J connectivity index is 1.89. The van der Waals surface area contributed by atoms with E-state index in [1.54, 1.807) is 18.2 Å². The number of hydrogen-bond donors (Lipinski definition) is 1. The van der Waals surface area contributed by atoms with Crippen LogP contribution in [0.1, 0.15) is 25.6 Å². The first-order valence-corrected chi connectivity index (χ1v) is 8.19. The third-order valence-corrected chi connectivity index (χ3v) is 4.54. The number of nitrogens with zero attached hydrogens (tertiary/aromatic N) is 1. The molecule has 6 heteroatoms. The lowest BCUT2D eigenvalue weighted by molar-refractivity contribution is 0.0600. The Morgan fingerprint density at radius 3 is 2.62 bits per heavy atom. The molecule has 0 saturated carbocycles. The lowest BCUT2D eigenvalue weighted by atomic mass is 10.1. The second-order valence-corrected chi connectivity index (χ2v) is 6.12. The topological polar surface area (TPSA) is 60.3 Å². The number of amides is 1. The molecule has 2 heterocycles. The summed E-state index contributed by atoms with van der Waals surface area (Å²) in [5.74, 6) is -0.645. The Kier molecular flexibility index (Phi) is 4.48. The molecule has 122 valence electrons. The van der Waals surface area contributed by atoms with Gasteiger partial charge in [-0.15, -0.1) is 11.3 Å². The van der Waals surface area contributed by atoms with Gasteiger partial charge in [0.05, 0.1) is 18.4 Å². The van der Waals surface area contributed by atoms with Crippen LogP contribution in [-0.2, 0) is 4.74 Å². The fraction of sp³-hybridized carbons (Fsp3) is 0.111. The Morgan fingerprint density at radius 1 is 1.17 bits per heavy atom. The number of ether oxygens (including phenoxy) is 1. The van der Waals surface area contributed by atoms with Crippen molar-refractivity contribution >= 4 is 28.9 Å². The van der Waals surface area contributed by atoms with Gasteiger partial charge in [-0.25, -0.2) is 4.79 Å². The minimum atomic E-state index is -0.436. The molecule has 3 rings (SSSR count). The molecule has 24 heavy (non-hydrogen) atoms. The van der Waals surface area contributed by atoms with Crippen molar-refractivity contribution in [3.63, 3.8) is 0 Å². The van der Waals surface area contributed by atoms with Gasteiger partial charge in [-0.1, -0.05) is 6.07 Å². The maximum Gasteiger partial charge on any atom is 0.337 e. The van der Waals surface area contributed by atoms with Gasteiger partial charge in [0.1, 0.15) is 4.88 Å². The number of benzene rings is 1. The predicted octanol–water partition coefficient (Wildman–Crippen LogP) is 3.89. The van der Waals surface area contributed by atoms with Gasteiger partial charge in [0.15, 0.2) is 0 Å². The maximum atomic E-state index is 12.7. The molecular formula is C18H16N2O3S. The number of carbonyl (C=O) groups is 2. The van der Waals surface area contributed by atoms with Gasteiger partial charge in [-0.05, 0) is 48.2 Å². The Labute approximate surface area is 143 Å². The van der Waals surface area contributed by atoms with Gasteiger partial charge in [-0.2, -0.15) is 0 Å². The lowest BCUT2D eigenvalue weighted by Crippen LogP contribution is -2.14. The first-order chi connectivity index (χ1) is 11.6. The van der Waals surface area contributed by atoms with E-state index in [0.29, 0.717) is 16.1 Å². The zero-order chi connectivity index (χ0) is 17.1. The predicted molar refractivity (Wildman–Crippen MR) is 94.1 cm³/mol. The summed E-state index contributed by atoms with van der Waals surface area (Å²) in [5.41, 5.74) is 2.68. The Morgan fingerprint density at radius 2 is 1.92 bits per heavy atom. The monoisotopic (exact) mass is 340 g/mol. The third kappa shape index (κ3) is 3.09. The number of esters is 1. The molecular weight excluding hydrogens is 324 g/mol. The van der Waals surface area contributed by atoms with Gasteiger partial charge in [0, 0.05) is 18.1 Å². The normalized spacial score (nSPS) is 10.4. The molecule has 0 saturated heterocycles. The van der Waals surface area contributed by atoms with Gasteiger partial charge in [-0.3, -0.25) is 4.79 Å². The first kappa shape index (κ1) is 16.0. The smallest absolute Gasteiger partial charge is 0.337 e. The van der Waals surface area contributed by atoms with E-state index in [1.165, 1.54) is 18.4 Å². The van der Waals surface area contributed by atoms with Gasteiger partial charge >= 0.3 is 5.97 Å². The summed E-state index contributed by atoms with van der Waals surface area (Å²) >= 11 is 1.37. The average molecular weight is 340 g/mol. The number of hydrogen-bond acceptors (Lipinski definition) is 4. The zero-order valence-electron chi connectivity index (χ0n) is 13.3. The van der Waals surface area contributed by atoms with Crippen LogP contribution in [0.3, 0.4) is 0 Å². The standard InChI is InChI=1S/C18H16N2O3S/c1-12-5-6-13(18(22)23-2)11-14(12)19-17(21)16-15(7-10-24-16)20-8-3-4-9-20/h3-11H,1-2H3,(H,19,21). The number of methoxy groups -OCH3 is 1. The van der Waals surface area contributed by atoms with Crippen LogP contribution >= 0.6 is 11.3 Å². The molecule has 5 nitrogen and oxygen atoms in total. The van der Waals surface area contributed by atoms with E-state index in [0.717, 1.165) is 11.3 Å². The van der Waals surface area contributed by atoms with E-state index in [4.69, 9.17) is 4.74 Å². The molecule has 0 aliphatic heterocycles. The molecule has 0 aliphatic carbocycles. The highest BCUT2D eigenvalue weighted by Crippen LogP contribution is 2.24. The number of anilines is 1. The minimum Gasteiger partial charge on any atom is -0.465 e. The molecule has 1 aromatic carbocycles. The Bertz CT molecular complexity index is 882. The number of carbonyl (C=O) groups excluding carboxylic acids is 2. The average Bonchev–Trinajstić information content (AvgIpc) is 3.26. The number of nitrogens with one attached hydrogen (secondary N) is 1. The van der Waals surface area contributed by atoms with Crippen LogP contribution < -0.4 is 5.32 Å². The van der Waals surface area contributed by atoms with Gasteiger partial charge < -0.3 is 14.6 Å². The van der Waals surface area contributed by atoms with E-state index in [9.17, 15) is 9.59 Å². The minimum absolute atomic E-state index is 0.209. The van der Waals surface area contributed by atoms with Crippen molar-refractivity contribution in [3.05, 3.63) is 70.2 Å². The second kappa shape index (κ2) is 6.72. The molecule has 0 atom stereocenters. The highest BCUT2D eigenvalue weighted by atomic mass is 32.1. The Hall–Kier alpha value is -2.86. The summed E-state index contributed by atoms with van der Waals surface area (Å²) in [5, 5.41) is 4.76. The highest BCUT2D eigenvalue weighted by Gasteiger charge is 2.16. The van der Waals surface area contributed by atoms with E-state index in [-0.39, 0.29) is 5.91 Å². The fourth-order valence-corrected chi connectivity index (χ4v) is 3.14. The van der Waals surface area contributed by atoms with Gasteiger partial charge in [0.25, 0.3) is 5.91 Å². The summed E-state index contributed by atoms with van der Waals surface area (Å²) in [6.45, 7) is 1.87. The largest absolute Gasteiger partial charge is 0.465 e. The third-order valence-electron chi connectivity index (χ3n) is 3.64. The molecule has 2 aromatic heterocycles. The van der Waals surface area contributed by atoms with Crippen molar-refractivity contribution < 1.29 is 14.3 Å². The van der Waals surface area contributed by atoms with E-state index in [2.05, 4.69) is 5.32 Å². The van der Waals surface area contributed by atoms with Crippen LogP contribution in [0.25, 0.3) is 5.69 Å². The molecule has 0 unspecified atom stereocenters. The van der Waals surface area contributed by atoms with Crippen LogP contribution in [0, 0.1) is 6.92 Å². The quantitative estimate of drug-likeness (QED) is 0.733. The SMILES string of the molecule is COC(=O)c1ccc(C)c(NC(=O)c2sccc2-n2cccc2)c1. The summed E-state index contributed by atoms with van der Waals surface area (Å²) in [4.78, 5) is 24.9. The van der Waals surface area contributed by atoms with Crippen LogP contribution in [0.4, 0.5) is 5.69 Å². The van der Waals surface area contributed by atoms with Crippen molar-refractivity contribution in [2.75, 3.05) is 12.4 Å². The van der Waals surface area contributed by atoms with Crippen LogP contribution in [-0.4, -0.2) is 23.6 Å². The fourth-order valence-electron chi connectivity index (χ4n) is 2.35. The summed E-state index contributed by atoms with van der Waals surface area (Å²) in [6, 6.07) is 10.8. The molecule has 0 aliphatic rings. The first-order valence-electron chi connectivity index (χ1n) is 7.31.